The van der Waals surface area contributed by atoms with Crippen molar-refractivity contribution in [1.29, 1.82) is 0 Å². The van der Waals surface area contributed by atoms with Gasteiger partial charge in [0.2, 0.25) is 0 Å². The molecule has 2 aromatic rings. The largest absolute Gasteiger partial charge is 0.480 e. The lowest BCUT2D eigenvalue weighted by atomic mass is 9.47. The Morgan fingerprint density at radius 1 is 0.900 bits per heavy atom. The molecule has 0 aromatic carbocycles. The van der Waals surface area contributed by atoms with Crippen molar-refractivity contribution >= 4 is 11.9 Å². The van der Waals surface area contributed by atoms with E-state index in [0.717, 1.165) is 0 Å². The maximum atomic E-state index is 11.9. The lowest BCUT2D eigenvalue weighted by Gasteiger charge is -2.51. The Bertz CT molecular complexity index is 583. The van der Waals surface area contributed by atoms with Crippen molar-refractivity contribution in [2.75, 3.05) is 0 Å². The number of carboxylic acids is 2. The van der Waals surface area contributed by atoms with E-state index < -0.39 is 22.8 Å². The minimum absolute atomic E-state index is 0.134. The second-order valence-electron chi connectivity index (χ2n) is 4.88. The lowest BCUT2D eigenvalue weighted by Crippen LogP contribution is -2.66. The molecule has 0 radical (unpaired) electrons. The maximum Gasteiger partial charge on any atom is 0.319 e. The first-order valence-electron chi connectivity index (χ1n) is 6.10. The standard InChI is InChI=1S/C14H12O6/c15-11(16)13(9-3-1-7-19-9)5-6-14(13,12(17)18)10-4-2-8-20-10/h1-4,7-8H,5-6H2,(H,15,16)(H,17,18). The second kappa shape index (κ2) is 4.00. The number of aliphatic carboxylic acids is 2. The molecule has 1 fully saturated rings. The van der Waals surface area contributed by atoms with Crippen LogP contribution in [0, 0.1) is 0 Å². The van der Waals surface area contributed by atoms with E-state index in [1.54, 1.807) is 12.1 Å². The zero-order chi connectivity index (χ0) is 14.4. The average Bonchev–Trinajstić information content (AvgIpc) is 3.00. The van der Waals surface area contributed by atoms with Crippen molar-refractivity contribution in [3.05, 3.63) is 48.3 Å². The van der Waals surface area contributed by atoms with Crippen LogP contribution in [0.15, 0.2) is 45.6 Å². The van der Waals surface area contributed by atoms with E-state index >= 15 is 0 Å². The molecule has 3 rings (SSSR count). The van der Waals surface area contributed by atoms with Gasteiger partial charge < -0.3 is 19.0 Å². The quantitative estimate of drug-likeness (QED) is 0.885. The van der Waals surface area contributed by atoms with Gasteiger partial charge in [-0.1, -0.05) is 0 Å². The van der Waals surface area contributed by atoms with Gasteiger partial charge in [0.25, 0.3) is 0 Å². The normalized spacial score (nSPS) is 28.8. The first kappa shape index (κ1) is 12.5. The zero-order valence-electron chi connectivity index (χ0n) is 10.4. The highest BCUT2D eigenvalue weighted by Gasteiger charge is 2.73. The monoisotopic (exact) mass is 276 g/mol. The third-order valence-electron chi connectivity index (χ3n) is 4.22. The zero-order valence-corrected chi connectivity index (χ0v) is 10.4. The highest BCUT2D eigenvalue weighted by Crippen LogP contribution is 2.59. The summed E-state index contributed by atoms with van der Waals surface area (Å²) in [6.07, 6.45) is 3.05. The smallest absolute Gasteiger partial charge is 0.319 e. The number of furan rings is 2. The van der Waals surface area contributed by atoms with Crippen LogP contribution in [0.5, 0.6) is 0 Å². The topological polar surface area (TPSA) is 101 Å². The Kier molecular flexibility index (Phi) is 2.50. The van der Waals surface area contributed by atoms with E-state index in [2.05, 4.69) is 0 Å². The van der Waals surface area contributed by atoms with E-state index in [0.29, 0.717) is 0 Å². The fraction of sp³-hybridized carbons (Fsp3) is 0.286. The molecule has 2 unspecified atom stereocenters. The summed E-state index contributed by atoms with van der Waals surface area (Å²) < 4.78 is 10.4. The summed E-state index contributed by atoms with van der Waals surface area (Å²) in [5.41, 5.74) is -3.28. The molecular weight excluding hydrogens is 264 g/mol. The Morgan fingerprint density at radius 2 is 1.30 bits per heavy atom. The summed E-state index contributed by atoms with van der Waals surface area (Å²) in [6, 6.07) is 6.09. The van der Waals surface area contributed by atoms with Gasteiger partial charge >= 0.3 is 11.9 Å². The number of carbonyl (C=O) groups is 2. The number of carboxylic acid groups (broad SMARTS) is 2. The van der Waals surface area contributed by atoms with Crippen LogP contribution < -0.4 is 0 Å². The number of hydrogen-bond donors (Lipinski definition) is 2. The SMILES string of the molecule is O=C(O)C1(c2ccco2)CCC1(C(=O)O)c1ccco1. The fourth-order valence-electron chi connectivity index (χ4n) is 3.12. The Morgan fingerprint density at radius 3 is 1.50 bits per heavy atom. The molecule has 1 saturated carbocycles. The van der Waals surface area contributed by atoms with Gasteiger partial charge in [-0.3, -0.25) is 9.59 Å². The molecule has 1 aliphatic rings. The molecule has 6 heteroatoms. The molecule has 0 spiro atoms. The molecule has 1 aliphatic carbocycles. The van der Waals surface area contributed by atoms with Crippen LogP contribution in [0.4, 0.5) is 0 Å². The van der Waals surface area contributed by atoms with Gasteiger partial charge in [0, 0.05) is 0 Å². The molecule has 20 heavy (non-hydrogen) atoms. The van der Waals surface area contributed by atoms with E-state index in [1.165, 1.54) is 24.7 Å². The van der Waals surface area contributed by atoms with E-state index in [4.69, 9.17) is 8.83 Å². The molecular formula is C14H12O6. The molecule has 2 atom stereocenters. The molecule has 0 amide bonds. The summed E-state index contributed by atoms with van der Waals surface area (Å²) in [5.74, 6) is -2.18. The molecule has 104 valence electrons. The van der Waals surface area contributed by atoms with Crippen molar-refractivity contribution in [3.63, 3.8) is 0 Å². The van der Waals surface area contributed by atoms with Gasteiger partial charge in [-0.2, -0.15) is 0 Å². The van der Waals surface area contributed by atoms with E-state index in [-0.39, 0.29) is 24.4 Å². The molecule has 2 heterocycles. The summed E-state index contributed by atoms with van der Waals surface area (Å²) in [7, 11) is 0. The van der Waals surface area contributed by atoms with Gasteiger partial charge in [-0.15, -0.1) is 0 Å². The van der Waals surface area contributed by atoms with Crippen LogP contribution in [0.1, 0.15) is 24.4 Å². The maximum absolute atomic E-state index is 11.9. The summed E-state index contributed by atoms with van der Waals surface area (Å²) in [5, 5.41) is 19.3. The first-order valence-corrected chi connectivity index (χ1v) is 6.10. The third kappa shape index (κ3) is 1.23. The molecule has 2 aromatic heterocycles. The second-order valence-corrected chi connectivity index (χ2v) is 4.88. The predicted octanol–water partition coefficient (Wildman–Crippen LogP) is 2.01. The van der Waals surface area contributed by atoms with Crippen LogP contribution in [0.3, 0.4) is 0 Å². The van der Waals surface area contributed by atoms with Crippen molar-refractivity contribution < 1.29 is 28.6 Å². The van der Waals surface area contributed by atoms with Crippen molar-refractivity contribution in [2.45, 2.75) is 23.7 Å². The summed E-state index contributed by atoms with van der Waals surface area (Å²) >= 11 is 0. The Hall–Kier alpha value is -2.50. The predicted molar refractivity (Wildman–Crippen MR) is 65.3 cm³/mol. The summed E-state index contributed by atoms with van der Waals surface area (Å²) in [6.45, 7) is 0. The van der Waals surface area contributed by atoms with Crippen LogP contribution in [-0.4, -0.2) is 22.2 Å². The van der Waals surface area contributed by atoms with Crippen LogP contribution >= 0.6 is 0 Å². The highest BCUT2D eigenvalue weighted by molar-refractivity contribution is 5.97. The van der Waals surface area contributed by atoms with Gasteiger partial charge in [-0.05, 0) is 37.1 Å². The van der Waals surface area contributed by atoms with Crippen molar-refractivity contribution in [3.8, 4) is 0 Å². The molecule has 0 aliphatic heterocycles. The van der Waals surface area contributed by atoms with Gasteiger partial charge in [0.1, 0.15) is 22.4 Å². The molecule has 0 bridgehead atoms. The lowest BCUT2D eigenvalue weighted by molar-refractivity contribution is -0.171. The third-order valence-corrected chi connectivity index (χ3v) is 4.22. The molecule has 0 saturated heterocycles. The van der Waals surface area contributed by atoms with Gasteiger partial charge in [-0.25, -0.2) is 0 Å². The Labute approximate surface area is 113 Å². The van der Waals surface area contributed by atoms with Crippen LogP contribution in [-0.2, 0) is 20.4 Å². The fourth-order valence-corrected chi connectivity index (χ4v) is 3.12. The number of rotatable bonds is 4. The molecule has 6 nitrogen and oxygen atoms in total. The highest BCUT2D eigenvalue weighted by atomic mass is 16.4. The first-order chi connectivity index (χ1) is 9.55. The Balaban J connectivity index is 2.26. The summed E-state index contributed by atoms with van der Waals surface area (Å²) in [4.78, 5) is 23.7. The molecule has 2 N–H and O–H groups in total. The minimum atomic E-state index is -1.64. The van der Waals surface area contributed by atoms with Crippen molar-refractivity contribution in [2.24, 2.45) is 0 Å². The van der Waals surface area contributed by atoms with Gasteiger partial charge in [0.05, 0.1) is 12.5 Å². The van der Waals surface area contributed by atoms with E-state index in [9.17, 15) is 19.8 Å². The van der Waals surface area contributed by atoms with Crippen LogP contribution in [0.2, 0.25) is 0 Å². The average molecular weight is 276 g/mol. The van der Waals surface area contributed by atoms with Crippen molar-refractivity contribution in [1.82, 2.24) is 0 Å². The van der Waals surface area contributed by atoms with Crippen LogP contribution in [0.25, 0.3) is 0 Å². The minimum Gasteiger partial charge on any atom is -0.480 e. The number of hydrogen-bond acceptors (Lipinski definition) is 4. The van der Waals surface area contributed by atoms with E-state index in [1.807, 2.05) is 0 Å². The van der Waals surface area contributed by atoms with Gasteiger partial charge in [0.15, 0.2) is 0 Å².